The number of imide groups is 2. The van der Waals surface area contributed by atoms with Crippen molar-refractivity contribution in [3.63, 3.8) is 0 Å². The summed E-state index contributed by atoms with van der Waals surface area (Å²) in [6.45, 7) is 1.99. The summed E-state index contributed by atoms with van der Waals surface area (Å²) in [6, 6.07) is 7.91. The summed E-state index contributed by atoms with van der Waals surface area (Å²) in [4.78, 5) is 44.6. The molecule has 2 aliphatic rings. The van der Waals surface area contributed by atoms with E-state index in [-0.39, 0.29) is 5.57 Å². The average Bonchev–Trinajstić information content (AvgIpc) is 3.26. The Morgan fingerprint density at radius 3 is 2.45 bits per heavy atom. The van der Waals surface area contributed by atoms with Crippen molar-refractivity contribution in [3.05, 3.63) is 53.9 Å². The Morgan fingerprint density at radius 2 is 1.76 bits per heavy atom. The summed E-state index contributed by atoms with van der Waals surface area (Å²) in [5.41, 5.74) is 1.80. The zero-order chi connectivity index (χ0) is 20.4. The first-order chi connectivity index (χ1) is 14.1. The third-order valence-electron chi connectivity index (χ3n) is 5.01. The van der Waals surface area contributed by atoms with Crippen LogP contribution in [-0.4, -0.2) is 43.0 Å². The smallest absolute Gasteiger partial charge is 0.335 e. The van der Waals surface area contributed by atoms with Crippen LogP contribution in [0.2, 0.25) is 0 Å². The van der Waals surface area contributed by atoms with E-state index in [1.54, 1.807) is 7.11 Å². The van der Waals surface area contributed by atoms with Crippen molar-refractivity contribution in [3.8, 4) is 5.75 Å². The first-order valence-corrected chi connectivity index (χ1v) is 9.33. The van der Waals surface area contributed by atoms with Crippen LogP contribution in [0.1, 0.15) is 18.4 Å². The van der Waals surface area contributed by atoms with Gasteiger partial charge in [0, 0.05) is 42.8 Å². The molecule has 148 valence electrons. The molecule has 29 heavy (non-hydrogen) atoms. The van der Waals surface area contributed by atoms with E-state index in [0.29, 0.717) is 17.0 Å². The lowest BCUT2D eigenvalue weighted by atomic mass is 10.1. The molecule has 2 aromatic rings. The third-order valence-corrected chi connectivity index (χ3v) is 5.01. The van der Waals surface area contributed by atoms with Gasteiger partial charge in [-0.15, -0.1) is 0 Å². The quantitative estimate of drug-likeness (QED) is 0.634. The number of hydrogen-bond donors (Lipinski definition) is 1. The molecule has 8 heteroatoms. The molecule has 0 atom stereocenters. The standard InChI is InChI=1S/C21H20N4O4/c1-29-18-13-16(24-10-2-3-11-24)5-4-14(18)12-17-19(26)23-21(28)25(20(17)27)15-6-8-22-9-7-15/h4-9,12-13H,2-3,10-11H2,1H3,(H,23,26,28)/b17-12+. The average molecular weight is 392 g/mol. The van der Waals surface area contributed by atoms with Gasteiger partial charge in [0.25, 0.3) is 11.8 Å². The summed E-state index contributed by atoms with van der Waals surface area (Å²) >= 11 is 0. The Labute approximate surface area is 167 Å². The number of carbonyl (C=O) groups is 3. The molecule has 1 N–H and O–H groups in total. The van der Waals surface area contributed by atoms with Crippen LogP contribution >= 0.6 is 0 Å². The molecular weight excluding hydrogens is 372 g/mol. The number of ether oxygens (including phenoxy) is 1. The minimum absolute atomic E-state index is 0.145. The lowest BCUT2D eigenvalue weighted by Gasteiger charge is -2.26. The van der Waals surface area contributed by atoms with E-state index in [2.05, 4.69) is 15.2 Å². The minimum Gasteiger partial charge on any atom is -0.496 e. The zero-order valence-electron chi connectivity index (χ0n) is 15.9. The molecule has 0 saturated carbocycles. The number of benzene rings is 1. The number of urea groups is 1. The second kappa shape index (κ2) is 7.75. The summed E-state index contributed by atoms with van der Waals surface area (Å²) in [7, 11) is 1.54. The second-order valence-corrected chi connectivity index (χ2v) is 6.78. The number of barbiturate groups is 1. The Hall–Kier alpha value is -3.68. The highest BCUT2D eigenvalue weighted by Crippen LogP contribution is 2.30. The Morgan fingerprint density at radius 1 is 1.03 bits per heavy atom. The number of amides is 4. The normalized spacial score (nSPS) is 18.4. The Balaban J connectivity index is 1.69. The van der Waals surface area contributed by atoms with E-state index in [4.69, 9.17) is 4.74 Å². The molecule has 0 spiro atoms. The van der Waals surface area contributed by atoms with E-state index in [1.165, 1.54) is 30.6 Å². The summed E-state index contributed by atoms with van der Waals surface area (Å²) in [5, 5.41) is 2.21. The van der Waals surface area contributed by atoms with Crippen molar-refractivity contribution < 1.29 is 19.1 Å². The number of nitrogens with one attached hydrogen (secondary N) is 1. The molecule has 1 aromatic heterocycles. The van der Waals surface area contributed by atoms with Gasteiger partial charge in [-0.05, 0) is 43.2 Å². The summed E-state index contributed by atoms with van der Waals surface area (Å²) < 4.78 is 5.49. The van der Waals surface area contributed by atoms with Gasteiger partial charge >= 0.3 is 6.03 Å². The van der Waals surface area contributed by atoms with Crippen LogP contribution in [0.5, 0.6) is 5.75 Å². The fraction of sp³-hybridized carbons (Fsp3) is 0.238. The third kappa shape index (κ3) is 3.56. The van der Waals surface area contributed by atoms with Gasteiger partial charge in [0.05, 0.1) is 12.8 Å². The van der Waals surface area contributed by atoms with Gasteiger partial charge in [0.2, 0.25) is 0 Å². The predicted octanol–water partition coefficient (Wildman–Crippen LogP) is 2.36. The fourth-order valence-electron chi connectivity index (χ4n) is 3.53. The zero-order valence-corrected chi connectivity index (χ0v) is 15.9. The lowest BCUT2D eigenvalue weighted by molar-refractivity contribution is -0.122. The Kier molecular flexibility index (Phi) is 4.99. The largest absolute Gasteiger partial charge is 0.496 e. The van der Waals surface area contributed by atoms with Crippen LogP contribution in [-0.2, 0) is 9.59 Å². The van der Waals surface area contributed by atoms with E-state index in [0.717, 1.165) is 36.5 Å². The van der Waals surface area contributed by atoms with Gasteiger partial charge in [-0.25, -0.2) is 9.69 Å². The molecule has 2 aliphatic heterocycles. The number of aromatic nitrogens is 1. The molecule has 0 unspecified atom stereocenters. The van der Waals surface area contributed by atoms with Crippen molar-refractivity contribution in [1.82, 2.24) is 10.3 Å². The molecule has 0 bridgehead atoms. The molecule has 4 rings (SSSR count). The fourth-order valence-corrected chi connectivity index (χ4v) is 3.53. The molecule has 3 heterocycles. The van der Waals surface area contributed by atoms with Crippen molar-refractivity contribution in [2.45, 2.75) is 12.8 Å². The number of pyridine rings is 1. The van der Waals surface area contributed by atoms with Crippen molar-refractivity contribution in [1.29, 1.82) is 0 Å². The maximum absolute atomic E-state index is 12.9. The number of methoxy groups -OCH3 is 1. The summed E-state index contributed by atoms with van der Waals surface area (Å²) in [6.07, 6.45) is 6.69. The second-order valence-electron chi connectivity index (χ2n) is 6.78. The first kappa shape index (κ1) is 18.7. The molecule has 8 nitrogen and oxygen atoms in total. The number of nitrogens with zero attached hydrogens (tertiary/aromatic N) is 3. The van der Waals surface area contributed by atoms with E-state index < -0.39 is 17.8 Å². The lowest BCUT2D eigenvalue weighted by Crippen LogP contribution is -2.54. The van der Waals surface area contributed by atoms with Crippen LogP contribution in [0.15, 0.2) is 48.3 Å². The van der Waals surface area contributed by atoms with Gasteiger partial charge in [-0.3, -0.25) is 19.9 Å². The highest BCUT2D eigenvalue weighted by atomic mass is 16.5. The van der Waals surface area contributed by atoms with Crippen molar-refractivity contribution in [2.75, 3.05) is 30.0 Å². The first-order valence-electron chi connectivity index (χ1n) is 9.33. The van der Waals surface area contributed by atoms with Crippen molar-refractivity contribution >= 4 is 35.3 Å². The maximum atomic E-state index is 12.9. The van der Waals surface area contributed by atoms with Crippen LogP contribution in [0.4, 0.5) is 16.2 Å². The minimum atomic E-state index is -0.792. The molecule has 0 aliphatic carbocycles. The highest BCUT2D eigenvalue weighted by Gasteiger charge is 2.37. The van der Waals surface area contributed by atoms with Gasteiger partial charge < -0.3 is 9.64 Å². The predicted molar refractivity (Wildman–Crippen MR) is 108 cm³/mol. The molecule has 2 saturated heterocycles. The van der Waals surface area contributed by atoms with Crippen LogP contribution in [0.3, 0.4) is 0 Å². The molecule has 2 fully saturated rings. The van der Waals surface area contributed by atoms with Crippen LogP contribution in [0.25, 0.3) is 6.08 Å². The SMILES string of the molecule is COc1cc(N2CCCC2)ccc1/C=C1\C(=O)NC(=O)N(c2ccncc2)C1=O. The highest BCUT2D eigenvalue weighted by molar-refractivity contribution is 6.39. The van der Waals surface area contributed by atoms with E-state index in [1.807, 2.05) is 18.2 Å². The van der Waals surface area contributed by atoms with E-state index in [9.17, 15) is 14.4 Å². The van der Waals surface area contributed by atoms with Gasteiger partial charge in [-0.1, -0.05) is 0 Å². The molecule has 0 radical (unpaired) electrons. The number of hydrogen-bond acceptors (Lipinski definition) is 6. The topological polar surface area (TPSA) is 91.8 Å². The van der Waals surface area contributed by atoms with E-state index >= 15 is 0 Å². The maximum Gasteiger partial charge on any atom is 0.335 e. The van der Waals surface area contributed by atoms with Crippen LogP contribution < -0.4 is 19.9 Å². The van der Waals surface area contributed by atoms with Gasteiger partial charge in [0.1, 0.15) is 11.3 Å². The van der Waals surface area contributed by atoms with Crippen LogP contribution in [0, 0.1) is 0 Å². The van der Waals surface area contributed by atoms with Crippen molar-refractivity contribution in [2.24, 2.45) is 0 Å². The number of rotatable bonds is 4. The number of anilines is 2. The summed E-state index contributed by atoms with van der Waals surface area (Å²) in [5.74, 6) is -0.888. The molecule has 1 aromatic carbocycles. The molecule has 4 amide bonds. The monoisotopic (exact) mass is 392 g/mol. The van der Waals surface area contributed by atoms with Gasteiger partial charge in [-0.2, -0.15) is 0 Å². The number of carbonyl (C=O) groups excluding carboxylic acids is 3. The Bertz CT molecular complexity index is 997. The molecular formula is C21H20N4O4. The van der Waals surface area contributed by atoms with Gasteiger partial charge in [0.15, 0.2) is 0 Å².